The van der Waals surface area contributed by atoms with Crippen molar-refractivity contribution in [3.63, 3.8) is 0 Å². The molecule has 3 rings (SSSR count). The predicted molar refractivity (Wildman–Crippen MR) is 87.9 cm³/mol. The van der Waals surface area contributed by atoms with Crippen molar-refractivity contribution in [2.24, 2.45) is 0 Å². The fraction of sp³-hybridized carbons (Fsp3) is 0.750. The van der Waals surface area contributed by atoms with Crippen LogP contribution in [0.15, 0.2) is 6.07 Å². The minimum atomic E-state index is -3.00. The van der Waals surface area contributed by atoms with Crippen LogP contribution in [0.25, 0.3) is 0 Å². The summed E-state index contributed by atoms with van der Waals surface area (Å²) in [5.74, 6) is 0.325. The SMILES string of the molecule is Cc1cc(C)n(CC(=O)N(C2CCCC2)[C@@H]2CCS(=O)(=O)C2)n1. The number of nitrogens with zero attached hydrogens (tertiary/aromatic N) is 3. The Morgan fingerprint density at radius 3 is 2.48 bits per heavy atom. The van der Waals surface area contributed by atoms with E-state index in [1.54, 1.807) is 4.68 Å². The highest BCUT2D eigenvalue weighted by molar-refractivity contribution is 7.91. The van der Waals surface area contributed by atoms with E-state index in [1.807, 2.05) is 24.8 Å². The van der Waals surface area contributed by atoms with Crippen molar-refractivity contribution in [3.8, 4) is 0 Å². The summed E-state index contributed by atoms with van der Waals surface area (Å²) in [5.41, 5.74) is 1.85. The molecule has 7 heteroatoms. The number of hydrogen-bond acceptors (Lipinski definition) is 4. The third-order valence-corrected chi connectivity index (χ3v) is 6.75. The number of carbonyl (C=O) groups excluding carboxylic acids is 1. The molecule has 128 valence electrons. The van der Waals surface area contributed by atoms with Crippen molar-refractivity contribution in [1.29, 1.82) is 0 Å². The molecule has 1 saturated carbocycles. The van der Waals surface area contributed by atoms with E-state index in [0.717, 1.165) is 37.1 Å². The van der Waals surface area contributed by atoms with Crippen molar-refractivity contribution in [2.45, 2.75) is 64.6 Å². The molecule has 6 nitrogen and oxygen atoms in total. The first-order valence-electron chi connectivity index (χ1n) is 8.38. The zero-order valence-electron chi connectivity index (χ0n) is 13.9. The van der Waals surface area contributed by atoms with Gasteiger partial charge in [0, 0.05) is 17.8 Å². The second-order valence-electron chi connectivity index (χ2n) is 6.88. The van der Waals surface area contributed by atoms with Gasteiger partial charge < -0.3 is 4.90 Å². The normalized spacial score (nSPS) is 24.2. The fourth-order valence-corrected chi connectivity index (χ4v) is 5.64. The molecule has 0 aromatic carbocycles. The predicted octanol–water partition coefficient (Wildman–Crippen LogP) is 1.46. The van der Waals surface area contributed by atoms with Crippen LogP contribution >= 0.6 is 0 Å². The Labute approximate surface area is 137 Å². The van der Waals surface area contributed by atoms with Crippen molar-refractivity contribution >= 4 is 15.7 Å². The number of hydrogen-bond donors (Lipinski definition) is 0. The van der Waals surface area contributed by atoms with E-state index >= 15 is 0 Å². The Hall–Kier alpha value is -1.37. The van der Waals surface area contributed by atoms with Gasteiger partial charge in [0.25, 0.3) is 0 Å². The van der Waals surface area contributed by atoms with Gasteiger partial charge in [-0.15, -0.1) is 0 Å². The summed E-state index contributed by atoms with van der Waals surface area (Å²) >= 11 is 0. The zero-order chi connectivity index (χ0) is 16.6. The quantitative estimate of drug-likeness (QED) is 0.832. The van der Waals surface area contributed by atoms with Crippen LogP contribution in [0.4, 0.5) is 0 Å². The van der Waals surface area contributed by atoms with Gasteiger partial charge in [0.05, 0.1) is 17.2 Å². The smallest absolute Gasteiger partial charge is 0.244 e. The summed E-state index contributed by atoms with van der Waals surface area (Å²) in [7, 11) is -3.00. The lowest BCUT2D eigenvalue weighted by molar-refractivity contribution is -0.136. The van der Waals surface area contributed by atoms with Crippen LogP contribution in [0.3, 0.4) is 0 Å². The minimum Gasteiger partial charge on any atom is -0.334 e. The largest absolute Gasteiger partial charge is 0.334 e. The molecule has 1 aromatic rings. The molecule has 1 aliphatic carbocycles. The van der Waals surface area contributed by atoms with E-state index in [9.17, 15) is 13.2 Å². The maximum Gasteiger partial charge on any atom is 0.244 e. The maximum atomic E-state index is 12.9. The molecule has 23 heavy (non-hydrogen) atoms. The van der Waals surface area contributed by atoms with Gasteiger partial charge in [-0.2, -0.15) is 5.10 Å². The lowest BCUT2D eigenvalue weighted by Gasteiger charge is -2.34. The van der Waals surface area contributed by atoms with Crippen LogP contribution in [0.1, 0.15) is 43.5 Å². The van der Waals surface area contributed by atoms with Crippen LogP contribution in [0.5, 0.6) is 0 Å². The number of sulfone groups is 1. The Morgan fingerprint density at radius 1 is 1.26 bits per heavy atom. The molecule has 0 unspecified atom stereocenters. The number of amides is 1. The molecule has 0 radical (unpaired) electrons. The molecule has 1 aliphatic heterocycles. The fourth-order valence-electron chi connectivity index (χ4n) is 3.93. The van der Waals surface area contributed by atoms with E-state index in [4.69, 9.17) is 0 Å². The molecule has 1 aromatic heterocycles. The van der Waals surface area contributed by atoms with Gasteiger partial charge in [0.2, 0.25) is 5.91 Å². The van der Waals surface area contributed by atoms with Crippen molar-refractivity contribution in [2.75, 3.05) is 11.5 Å². The number of aryl methyl sites for hydroxylation is 2. The molecule has 0 bridgehead atoms. The van der Waals surface area contributed by atoms with Crippen LogP contribution in [-0.2, 0) is 21.2 Å². The van der Waals surface area contributed by atoms with E-state index < -0.39 is 9.84 Å². The molecular formula is C16H25N3O3S. The zero-order valence-corrected chi connectivity index (χ0v) is 14.7. The average molecular weight is 339 g/mol. The molecule has 0 spiro atoms. The highest BCUT2D eigenvalue weighted by Gasteiger charge is 2.39. The van der Waals surface area contributed by atoms with E-state index in [2.05, 4.69) is 5.10 Å². The Balaban J connectivity index is 1.80. The number of aromatic nitrogens is 2. The topological polar surface area (TPSA) is 72.3 Å². The molecule has 0 N–H and O–H groups in total. The first kappa shape index (κ1) is 16.5. The number of carbonyl (C=O) groups is 1. The Bertz CT molecular complexity index is 689. The summed E-state index contributed by atoms with van der Waals surface area (Å²) in [5, 5.41) is 4.37. The third-order valence-electron chi connectivity index (χ3n) is 5.00. The van der Waals surface area contributed by atoms with E-state index in [1.165, 1.54) is 0 Å². The highest BCUT2D eigenvalue weighted by Crippen LogP contribution is 2.29. The van der Waals surface area contributed by atoms with E-state index in [-0.39, 0.29) is 36.0 Å². The minimum absolute atomic E-state index is 0.00481. The summed E-state index contributed by atoms with van der Waals surface area (Å²) in [6.45, 7) is 4.05. The monoisotopic (exact) mass is 339 g/mol. The average Bonchev–Trinajstić information content (AvgIpc) is 3.14. The molecule has 2 heterocycles. The van der Waals surface area contributed by atoms with Crippen molar-refractivity contribution < 1.29 is 13.2 Å². The van der Waals surface area contributed by atoms with Gasteiger partial charge in [-0.05, 0) is 39.2 Å². The third kappa shape index (κ3) is 3.59. The second-order valence-corrected chi connectivity index (χ2v) is 9.11. The van der Waals surface area contributed by atoms with Crippen molar-refractivity contribution in [3.05, 3.63) is 17.5 Å². The highest BCUT2D eigenvalue weighted by atomic mass is 32.2. The maximum absolute atomic E-state index is 12.9. The lowest BCUT2D eigenvalue weighted by atomic mass is 10.1. The standard InChI is InChI=1S/C16H25N3O3S/c1-12-9-13(2)18(17-12)10-16(20)19(14-5-3-4-6-14)15-7-8-23(21,22)11-15/h9,14-15H,3-8,10-11H2,1-2H3/t15-/m1/s1. The lowest BCUT2D eigenvalue weighted by Crippen LogP contribution is -2.48. The van der Waals surface area contributed by atoms with Gasteiger partial charge in [0.15, 0.2) is 9.84 Å². The molecule has 2 aliphatic rings. The second kappa shape index (κ2) is 6.26. The van der Waals surface area contributed by atoms with Gasteiger partial charge in [0.1, 0.15) is 6.54 Å². The van der Waals surface area contributed by atoms with Gasteiger partial charge in [-0.3, -0.25) is 9.48 Å². The van der Waals surface area contributed by atoms with Crippen LogP contribution < -0.4 is 0 Å². The van der Waals surface area contributed by atoms with Crippen LogP contribution in [-0.4, -0.2) is 52.6 Å². The van der Waals surface area contributed by atoms with Crippen LogP contribution in [0, 0.1) is 13.8 Å². The molecule has 2 fully saturated rings. The Kier molecular flexibility index (Phi) is 4.49. The summed E-state index contributed by atoms with van der Waals surface area (Å²) in [4.78, 5) is 14.8. The molecular weight excluding hydrogens is 314 g/mol. The molecule has 1 saturated heterocycles. The Morgan fingerprint density at radius 2 is 1.96 bits per heavy atom. The number of rotatable bonds is 4. The molecule has 1 atom stereocenters. The van der Waals surface area contributed by atoms with Gasteiger partial charge in [-0.1, -0.05) is 12.8 Å². The first-order chi connectivity index (χ1) is 10.9. The molecule has 1 amide bonds. The van der Waals surface area contributed by atoms with Crippen LogP contribution in [0.2, 0.25) is 0 Å². The summed E-state index contributed by atoms with van der Waals surface area (Å²) < 4.78 is 25.4. The van der Waals surface area contributed by atoms with Gasteiger partial charge in [-0.25, -0.2) is 8.42 Å². The summed E-state index contributed by atoms with van der Waals surface area (Å²) in [6.07, 6.45) is 4.78. The summed E-state index contributed by atoms with van der Waals surface area (Å²) in [6, 6.07) is 1.98. The van der Waals surface area contributed by atoms with Crippen molar-refractivity contribution in [1.82, 2.24) is 14.7 Å². The first-order valence-corrected chi connectivity index (χ1v) is 10.2. The van der Waals surface area contributed by atoms with E-state index in [0.29, 0.717) is 6.42 Å². The van der Waals surface area contributed by atoms with Gasteiger partial charge >= 0.3 is 0 Å².